The molecule has 0 saturated heterocycles. The minimum Gasteiger partial charge on any atom is -0.314 e. The minimum absolute atomic E-state index is 0.151. The molecule has 0 radical (unpaired) electrons. The van der Waals surface area contributed by atoms with Gasteiger partial charge in [0.05, 0.1) is 5.69 Å². The van der Waals surface area contributed by atoms with E-state index in [1.54, 1.807) is 13.1 Å². The Morgan fingerprint density at radius 1 is 1.47 bits per heavy atom. The van der Waals surface area contributed by atoms with Gasteiger partial charge in [-0.05, 0) is 19.2 Å². The quantitative estimate of drug-likeness (QED) is 0.899. The van der Waals surface area contributed by atoms with E-state index < -0.39 is 5.82 Å². The number of benzene rings is 1. The predicted molar refractivity (Wildman–Crippen MR) is 71.8 cm³/mol. The van der Waals surface area contributed by atoms with Gasteiger partial charge in [-0.3, -0.25) is 4.79 Å². The molecular weight excluding hydrogens is 269 g/mol. The van der Waals surface area contributed by atoms with Crippen molar-refractivity contribution in [2.45, 2.75) is 13.0 Å². The van der Waals surface area contributed by atoms with Crippen LogP contribution in [0.4, 0.5) is 4.39 Å². The molecule has 19 heavy (non-hydrogen) atoms. The fraction of sp³-hybridized carbons (Fsp3) is 0.231. The molecule has 0 saturated carbocycles. The van der Waals surface area contributed by atoms with Crippen molar-refractivity contribution in [3.8, 4) is 0 Å². The van der Waals surface area contributed by atoms with Gasteiger partial charge in [-0.1, -0.05) is 17.7 Å². The first-order chi connectivity index (χ1) is 9.10. The SMILES string of the molecule is CNCc1cc(=O)[nH]c(Cc2c(F)cccc2Cl)n1. The molecule has 0 atom stereocenters. The molecule has 0 amide bonds. The standard InChI is InChI=1S/C13H13ClFN3O/c1-16-7-8-5-13(19)18-12(17-8)6-9-10(14)3-2-4-11(9)15/h2-5,16H,6-7H2,1H3,(H,17,18,19). The smallest absolute Gasteiger partial charge is 0.251 e. The number of hydrogen-bond donors (Lipinski definition) is 2. The number of hydrogen-bond acceptors (Lipinski definition) is 3. The third-order valence-electron chi connectivity index (χ3n) is 2.61. The van der Waals surface area contributed by atoms with Crippen LogP contribution in [0.2, 0.25) is 5.02 Å². The molecule has 0 aliphatic rings. The molecule has 100 valence electrons. The van der Waals surface area contributed by atoms with Crippen LogP contribution < -0.4 is 10.9 Å². The molecule has 0 spiro atoms. The number of H-pyrrole nitrogens is 1. The van der Waals surface area contributed by atoms with Crippen LogP contribution in [0.5, 0.6) is 0 Å². The van der Waals surface area contributed by atoms with Crippen LogP contribution in [-0.2, 0) is 13.0 Å². The summed E-state index contributed by atoms with van der Waals surface area (Å²) >= 11 is 5.95. The van der Waals surface area contributed by atoms with Crippen molar-refractivity contribution in [2.24, 2.45) is 0 Å². The molecule has 0 aliphatic carbocycles. The first-order valence-electron chi connectivity index (χ1n) is 5.76. The Kier molecular flexibility index (Phi) is 4.29. The highest BCUT2D eigenvalue weighted by Crippen LogP contribution is 2.20. The van der Waals surface area contributed by atoms with Gasteiger partial charge in [0.25, 0.3) is 5.56 Å². The van der Waals surface area contributed by atoms with Crippen LogP contribution in [0, 0.1) is 5.82 Å². The van der Waals surface area contributed by atoms with E-state index in [1.165, 1.54) is 18.2 Å². The molecule has 1 aromatic carbocycles. The minimum atomic E-state index is -0.408. The monoisotopic (exact) mass is 281 g/mol. The zero-order valence-corrected chi connectivity index (χ0v) is 11.1. The second kappa shape index (κ2) is 5.95. The van der Waals surface area contributed by atoms with Crippen molar-refractivity contribution in [2.75, 3.05) is 7.05 Å². The molecule has 4 nitrogen and oxygen atoms in total. The first-order valence-corrected chi connectivity index (χ1v) is 6.14. The lowest BCUT2D eigenvalue weighted by molar-refractivity contribution is 0.611. The fourth-order valence-electron chi connectivity index (χ4n) is 1.79. The van der Waals surface area contributed by atoms with Crippen LogP contribution in [-0.4, -0.2) is 17.0 Å². The summed E-state index contributed by atoms with van der Waals surface area (Å²) in [5.41, 5.74) is 0.672. The molecule has 0 bridgehead atoms. The zero-order chi connectivity index (χ0) is 13.8. The Bertz CT molecular complexity index is 622. The summed E-state index contributed by atoms with van der Waals surface area (Å²) in [5.74, 6) is -0.0149. The van der Waals surface area contributed by atoms with E-state index in [1.807, 2.05) is 0 Å². The normalized spacial score (nSPS) is 10.7. The number of nitrogens with zero attached hydrogens (tertiary/aromatic N) is 1. The summed E-state index contributed by atoms with van der Waals surface area (Å²) in [6, 6.07) is 5.88. The molecule has 1 aromatic heterocycles. The van der Waals surface area contributed by atoms with Crippen molar-refractivity contribution in [3.63, 3.8) is 0 Å². The van der Waals surface area contributed by atoms with E-state index in [2.05, 4.69) is 15.3 Å². The van der Waals surface area contributed by atoms with E-state index in [0.717, 1.165) is 0 Å². The number of halogens is 2. The largest absolute Gasteiger partial charge is 0.314 e. The lowest BCUT2D eigenvalue weighted by atomic mass is 10.1. The maximum atomic E-state index is 13.7. The summed E-state index contributed by atoms with van der Waals surface area (Å²) in [7, 11) is 1.76. The van der Waals surface area contributed by atoms with Gasteiger partial charge < -0.3 is 10.3 Å². The maximum Gasteiger partial charge on any atom is 0.251 e. The van der Waals surface area contributed by atoms with Gasteiger partial charge in [0.15, 0.2) is 0 Å². The Hall–Kier alpha value is -1.72. The average Bonchev–Trinajstić information content (AvgIpc) is 2.34. The van der Waals surface area contributed by atoms with Crippen molar-refractivity contribution >= 4 is 11.6 Å². The van der Waals surface area contributed by atoms with Gasteiger partial charge in [-0.25, -0.2) is 9.37 Å². The Morgan fingerprint density at radius 2 is 2.26 bits per heavy atom. The Balaban J connectivity index is 2.35. The van der Waals surface area contributed by atoms with Crippen molar-refractivity contribution in [1.29, 1.82) is 0 Å². The summed E-state index contributed by atoms with van der Waals surface area (Å²) in [6.45, 7) is 0.474. The van der Waals surface area contributed by atoms with Crippen LogP contribution in [0.25, 0.3) is 0 Å². The van der Waals surface area contributed by atoms with Crippen LogP contribution in [0.15, 0.2) is 29.1 Å². The molecular formula is C13H13ClFN3O. The van der Waals surface area contributed by atoms with Crippen LogP contribution >= 0.6 is 11.6 Å². The highest BCUT2D eigenvalue weighted by molar-refractivity contribution is 6.31. The van der Waals surface area contributed by atoms with Gasteiger partial charge in [0.1, 0.15) is 11.6 Å². The van der Waals surface area contributed by atoms with Crippen molar-refractivity contribution in [3.05, 3.63) is 62.5 Å². The summed E-state index contributed by atoms with van der Waals surface area (Å²) in [4.78, 5) is 18.3. The molecule has 0 fully saturated rings. The second-order valence-corrected chi connectivity index (χ2v) is 4.50. The second-order valence-electron chi connectivity index (χ2n) is 4.09. The molecule has 2 N–H and O–H groups in total. The Morgan fingerprint density at radius 3 is 2.95 bits per heavy atom. The molecule has 2 rings (SSSR count). The fourth-order valence-corrected chi connectivity index (χ4v) is 2.02. The van der Waals surface area contributed by atoms with Gasteiger partial charge in [-0.2, -0.15) is 0 Å². The van der Waals surface area contributed by atoms with E-state index >= 15 is 0 Å². The number of aromatic amines is 1. The molecule has 1 heterocycles. The van der Waals surface area contributed by atoms with Crippen LogP contribution in [0.3, 0.4) is 0 Å². The summed E-state index contributed by atoms with van der Waals surface area (Å²) in [6.07, 6.45) is 0.151. The van der Waals surface area contributed by atoms with Gasteiger partial charge in [0.2, 0.25) is 0 Å². The number of nitrogens with one attached hydrogen (secondary N) is 2. The topological polar surface area (TPSA) is 57.8 Å². The van der Waals surface area contributed by atoms with Crippen molar-refractivity contribution < 1.29 is 4.39 Å². The van der Waals surface area contributed by atoms with Gasteiger partial charge in [-0.15, -0.1) is 0 Å². The highest BCUT2D eigenvalue weighted by atomic mass is 35.5. The van der Waals surface area contributed by atoms with E-state index in [9.17, 15) is 9.18 Å². The zero-order valence-electron chi connectivity index (χ0n) is 10.3. The molecule has 0 unspecified atom stereocenters. The molecule has 6 heteroatoms. The summed E-state index contributed by atoms with van der Waals surface area (Å²) < 4.78 is 13.7. The van der Waals surface area contributed by atoms with Gasteiger partial charge >= 0.3 is 0 Å². The molecule has 2 aromatic rings. The Labute approximate surface area is 114 Å². The van der Waals surface area contributed by atoms with E-state index in [-0.39, 0.29) is 12.0 Å². The number of rotatable bonds is 4. The lowest BCUT2D eigenvalue weighted by Crippen LogP contribution is -2.17. The maximum absolute atomic E-state index is 13.7. The van der Waals surface area contributed by atoms with E-state index in [0.29, 0.717) is 28.6 Å². The van der Waals surface area contributed by atoms with Gasteiger partial charge in [0, 0.05) is 29.6 Å². The summed E-state index contributed by atoms with van der Waals surface area (Å²) in [5, 5.41) is 3.23. The third kappa shape index (κ3) is 3.39. The average molecular weight is 282 g/mol. The lowest BCUT2D eigenvalue weighted by Gasteiger charge is -2.07. The predicted octanol–water partition coefficient (Wildman–Crippen LogP) is 1.87. The van der Waals surface area contributed by atoms with Crippen molar-refractivity contribution in [1.82, 2.24) is 15.3 Å². The molecule has 0 aliphatic heterocycles. The van der Waals surface area contributed by atoms with Crippen LogP contribution in [0.1, 0.15) is 17.1 Å². The first kappa shape index (κ1) is 13.7. The highest BCUT2D eigenvalue weighted by Gasteiger charge is 2.10. The van der Waals surface area contributed by atoms with E-state index in [4.69, 9.17) is 11.6 Å². The number of aromatic nitrogens is 2. The third-order valence-corrected chi connectivity index (χ3v) is 2.96.